The molecule has 5 atom stereocenters. The van der Waals surface area contributed by atoms with Crippen LogP contribution in [0.5, 0.6) is 5.75 Å². The van der Waals surface area contributed by atoms with Gasteiger partial charge in [0.2, 0.25) is 17.7 Å². The van der Waals surface area contributed by atoms with Gasteiger partial charge in [0.25, 0.3) is 0 Å². The lowest BCUT2D eigenvalue weighted by Gasteiger charge is -2.26. The zero-order valence-corrected chi connectivity index (χ0v) is 24.6. The smallest absolute Gasteiger partial charge is 0.326 e. The normalized spacial score (nSPS) is 14.5. The maximum atomic E-state index is 13.6. The molecule has 45 heavy (non-hydrogen) atoms. The lowest BCUT2D eigenvalue weighted by molar-refractivity contribution is -0.143. The van der Waals surface area contributed by atoms with E-state index in [0.29, 0.717) is 11.1 Å². The van der Waals surface area contributed by atoms with Crippen molar-refractivity contribution in [1.29, 1.82) is 0 Å². The number of hydrogen-bond acceptors (Lipinski definition) is 7. The van der Waals surface area contributed by atoms with Gasteiger partial charge in [0.15, 0.2) is 0 Å². The zero-order chi connectivity index (χ0) is 32.5. The van der Waals surface area contributed by atoms with Crippen LogP contribution in [0.4, 0.5) is 0 Å². The molecule has 0 saturated heterocycles. The van der Waals surface area contributed by atoms with Crippen LogP contribution in [0.3, 0.4) is 0 Å². The van der Waals surface area contributed by atoms with Gasteiger partial charge in [-0.1, -0.05) is 60.7 Å². The lowest BCUT2D eigenvalue weighted by atomic mass is 10.0. The van der Waals surface area contributed by atoms with Crippen LogP contribution >= 0.6 is 0 Å². The quantitative estimate of drug-likeness (QED) is 0.103. The van der Waals surface area contributed by atoms with E-state index in [4.69, 9.17) is 5.73 Å². The number of hydrogen-bond donors (Lipinski definition) is 8. The van der Waals surface area contributed by atoms with Crippen molar-refractivity contribution in [1.82, 2.24) is 20.9 Å². The number of phenols is 1. The number of aromatic nitrogens is 1. The summed E-state index contributed by atoms with van der Waals surface area (Å²) in [5.41, 5.74) is 9.22. The third-order valence-electron chi connectivity index (χ3n) is 7.42. The van der Waals surface area contributed by atoms with Crippen LogP contribution in [-0.4, -0.2) is 74.3 Å². The van der Waals surface area contributed by atoms with Crippen molar-refractivity contribution in [2.75, 3.05) is 0 Å². The molecule has 0 bridgehead atoms. The van der Waals surface area contributed by atoms with Crippen molar-refractivity contribution in [2.24, 2.45) is 5.73 Å². The van der Waals surface area contributed by atoms with Crippen molar-refractivity contribution in [2.45, 2.75) is 56.5 Å². The molecule has 0 radical (unpaired) electrons. The van der Waals surface area contributed by atoms with Crippen LogP contribution in [0, 0.1) is 0 Å². The predicted molar refractivity (Wildman–Crippen MR) is 167 cm³/mol. The lowest BCUT2D eigenvalue weighted by Crippen LogP contribution is -2.60. The van der Waals surface area contributed by atoms with Gasteiger partial charge in [0, 0.05) is 29.9 Å². The van der Waals surface area contributed by atoms with Crippen LogP contribution in [0.2, 0.25) is 0 Å². The summed E-state index contributed by atoms with van der Waals surface area (Å²) < 4.78 is 0. The number of aromatic amines is 1. The highest BCUT2D eigenvalue weighted by molar-refractivity contribution is 5.95. The van der Waals surface area contributed by atoms with E-state index in [-0.39, 0.29) is 25.0 Å². The fourth-order valence-corrected chi connectivity index (χ4v) is 4.96. The topological polar surface area (TPSA) is 207 Å². The largest absolute Gasteiger partial charge is 0.508 e. The van der Waals surface area contributed by atoms with Gasteiger partial charge in [0.1, 0.15) is 23.9 Å². The Morgan fingerprint density at radius 2 is 1.36 bits per heavy atom. The molecule has 12 heteroatoms. The number of carbonyl (C=O) groups excluding carboxylic acids is 3. The number of carboxylic acid groups (broad SMARTS) is 1. The van der Waals surface area contributed by atoms with E-state index in [9.17, 15) is 34.5 Å². The third-order valence-corrected chi connectivity index (χ3v) is 7.42. The Balaban J connectivity index is 1.49. The minimum atomic E-state index is -1.53. The number of benzene rings is 3. The molecule has 4 aromatic rings. The summed E-state index contributed by atoms with van der Waals surface area (Å²) in [6, 6.07) is 17.2. The first kappa shape index (κ1) is 32.7. The maximum absolute atomic E-state index is 13.6. The SMILES string of the molecule is CC(O)C(NC(=O)C(Cc1ccc(O)cc1)NC(=O)C(N)Cc1c[nH]c2ccccc12)C(=O)NC(Cc1ccccc1)C(=O)O. The minimum absolute atomic E-state index is 0.0128. The Morgan fingerprint density at radius 3 is 2.02 bits per heavy atom. The van der Waals surface area contributed by atoms with Crippen LogP contribution < -0.4 is 21.7 Å². The molecule has 4 rings (SSSR count). The highest BCUT2D eigenvalue weighted by atomic mass is 16.4. The van der Waals surface area contributed by atoms with Gasteiger partial charge < -0.3 is 42.0 Å². The number of nitrogens with one attached hydrogen (secondary N) is 4. The van der Waals surface area contributed by atoms with E-state index in [0.717, 1.165) is 16.5 Å². The number of aromatic hydroxyl groups is 1. The van der Waals surface area contributed by atoms with Crippen LogP contribution in [0.1, 0.15) is 23.6 Å². The molecular weight excluding hydrogens is 578 g/mol. The molecule has 12 nitrogen and oxygen atoms in total. The second kappa shape index (κ2) is 15.0. The van der Waals surface area contributed by atoms with Crippen molar-refractivity contribution in [3.05, 3.63) is 102 Å². The fraction of sp³-hybridized carbons (Fsp3) is 0.273. The molecule has 1 heterocycles. The standard InChI is InChI=1S/C33H37N5O7/c1-19(39)29(32(43)37-28(33(44)45)16-20-7-3-2-4-8-20)38-31(42)27(15-21-11-13-23(40)14-12-21)36-30(41)25(34)17-22-18-35-26-10-6-5-9-24(22)26/h2-14,18-19,25,27-29,35,39-40H,15-17,34H2,1H3,(H,36,41)(H,37,43)(H,38,42)(H,44,45). The number of para-hydroxylation sites is 1. The monoisotopic (exact) mass is 615 g/mol. The van der Waals surface area contributed by atoms with E-state index < -0.39 is 54.0 Å². The third kappa shape index (κ3) is 8.91. The average Bonchev–Trinajstić information content (AvgIpc) is 3.42. The number of phenolic OH excluding ortho intramolecular Hbond substituents is 1. The second-order valence-electron chi connectivity index (χ2n) is 10.9. The Labute approximate surface area is 259 Å². The van der Waals surface area contributed by atoms with Gasteiger partial charge in [-0.25, -0.2) is 4.79 Å². The van der Waals surface area contributed by atoms with Crippen LogP contribution in [-0.2, 0) is 38.4 Å². The minimum Gasteiger partial charge on any atom is -0.508 e. The molecule has 5 unspecified atom stereocenters. The molecule has 0 saturated carbocycles. The number of aliphatic hydroxyl groups excluding tert-OH is 1. The summed E-state index contributed by atoms with van der Waals surface area (Å²) in [5.74, 6) is -3.60. The van der Waals surface area contributed by atoms with Crippen molar-refractivity contribution in [3.63, 3.8) is 0 Å². The first-order valence-electron chi connectivity index (χ1n) is 14.5. The molecule has 3 amide bonds. The Kier molecular flexibility index (Phi) is 10.9. The van der Waals surface area contributed by atoms with Crippen molar-refractivity contribution < 1.29 is 34.5 Å². The summed E-state index contributed by atoms with van der Waals surface area (Å²) in [7, 11) is 0. The van der Waals surface area contributed by atoms with Crippen LogP contribution in [0.15, 0.2) is 85.1 Å². The molecule has 0 spiro atoms. The van der Waals surface area contributed by atoms with E-state index in [1.54, 1.807) is 48.7 Å². The molecule has 0 aliphatic rings. The molecule has 1 aromatic heterocycles. The number of amides is 3. The first-order chi connectivity index (χ1) is 21.5. The second-order valence-corrected chi connectivity index (χ2v) is 10.9. The summed E-state index contributed by atoms with van der Waals surface area (Å²) in [6.07, 6.45) is 0.495. The summed E-state index contributed by atoms with van der Waals surface area (Å²) in [5, 5.41) is 38.2. The molecule has 0 aliphatic heterocycles. The first-order valence-corrected chi connectivity index (χ1v) is 14.5. The van der Waals surface area contributed by atoms with E-state index >= 15 is 0 Å². The number of aliphatic carboxylic acids is 1. The van der Waals surface area contributed by atoms with Gasteiger partial charge in [-0.15, -0.1) is 0 Å². The number of fused-ring (bicyclic) bond motifs is 1. The van der Waals surface area contributed by atoms with Gasteiger partial charge in [-0.05, 0) is 48.2 Å². The number of rotatable bonds is 14. The summed E-state index contributed by atoms with van der Waals surface area (Å²) >= 11 is 0. The Hall–Kier alpha value is -5.20. The molecule has 236 valence electrons. The fourth-order valence-electron chi connectivity index (χ4n) is 4.96. The number of aliphatic hydroxyl groups is 1. The van der Waals surface area contributed by atoms with Gasteiger partial charge in [-0.3, -0.25) is 14.4 Å². The highest BCUT2D eigenvalue weighted by Gasteiger charge is 2.33. The van der Waals surface area contributed by atoms with Crippen LogP contribution in [0.25, 0.3) is 10.9 Å². The van der Waals surface area contributed by atoms with Crippen molar-refractivity contribution >= 4 is 34.6 Å². The molecular formula is C33H37N5O7. The summed E-state index contributed by atoms with van der Waals surface area (Å²) in [4.78, 5) is 55.0. The van der Waals surface area contributed by atoms with Crippen molar-refractivity contribution in [3.8, 4) is 5.75 Å². The Bertz CT molecular complexity index is 1620. The van der Waals surface area contributed by atoms with E-state index in [2.05, 4.69) is 20.9 Å². The van der Waals surface area contributed by atoms with Gasteiger partial charge in [-0.2, -0.15) is 0 Å². The van der Waals surface area contributed by atoms with E-state index in [1.807, 2.05) is 24.3 Å². The summed E-state index contributed by atoms with van der Waals surface area (Å²) in [6.45, 7) is 1.28. The van der Waals surface area contributed by atoms with E-state index in [1.165, 1.54) is 19.1 Å². The maximum Gasteiger partial charge on any atom is 0.326 e. The molecule has 3 aromatic carbocycles. The average molecular weight is 616 g/mol. The number of carboxylic acids is 1. The predicted octanol–water partition coefficient (Wildman–Crippen LogP) is 1.15. The zero-order valence-electron chi connectivity index (χ0n) is 24.6. The van der Waals surface area contributed by atoms with Gasteiger partial charge in [0.05, 0.1) is 12.1 Å². The van der Waals surface area contributed by atoms with Gasteiger partial charge >= 0.3 is 5.97 Å². The molecule has 9 N–H and O–H groups in total. The molecule has 0 aliphatic carbocycles. The molecule has 0 fully saturated rings. The number of H-pyrrole nitrogens is 1. The number of carbonyl (C=O) groups is 4. The highest BCUT2D eigenvalue weighted by Crippen LogP contribution is 2.19. The number of nitrogens with two attached hydrogens (primary N) is 1. The Morgan fingerprint density at radius 1 is 0.756 bits per heavy atom.